The quantitative estimate of drug-likeness (QED) is 0.719. The molecule has 6 nitrogen and oxygen atoms in total. The van der Waals surface area contributed by atoms with Gasteiger partial charge < -0.3 is 0 Å². The second kappa shape index (κ2) is 6.46. The minimum absolute atomic E-state index is 0.107. The zero-order valence-corrected chi connectivity index (χ0v) is 13.7. The predicted octanol–water partition coefficient (Wildman–Crippen LogP) is 2.31. The molecule has 122 valence electrons. The van der Waals surface area contributed by atoms with Gasteiger partial charge in [-0.3, -0.25) is 14.8 Å². The van der Waals surface area contributed by atoms with E-state index in [4.69, 9.17) is 0 Å². The number of nitrogens with one attached hydrogen (secondary N) is 1. The highest BCUT2D eigenvalue weighted by Crippen LogP contribution is 2.14. The van der Waals surface area contributed by atoms with Gasteiger partial charge in [0.1, 0.15) is 0 Å². The summed E-state index contributed by atoms with van der Waals surface area (Å²) in [4.78, 5) is 19.7. The summed E-state index contributed by atoms with van der Waals surface area (Å²) in [5.41, 5.74) is 2.72. The fourth-order valence-corrected chi connectivity index (χ4v) is 3.27. The van der Waals surface area contributed by atoms with E-state index in [9.17, 15) is 13.2 Å². The van der Waals surface area contributed by atoms with Crippen LogP contribution in [0.3, 0.4) is 0 Å². The SMILES string of the molecule is CC(=O)c1ccc(S(=O)(=O)NCc2ccc3nccnc3c2)cc1. The number of rotatable bonds is 5. The Kier molecular flexibility index (Phi) is 4.37. The van der Waals surface area contributed by atoms with Crippen molar-refractivity contribution in [2.45, 2.75) is 18.4 Å². The Labute approximate surface area is 139 Å². The Bertz CT molecular complexity index is 999. The molecule has 0 saturated heterocycles. The maximum atomic E-state index is 12.3. The fourth-order valence-electron chi connectivity index (χ4n) is 2.25. The molecule has 0 saturated carbocycles. The number of hydrogen-bond donors (Lipinski definition) is 1. The molecule has 0 amide bonds. The van der Waals surface area contributed by atoms with Gasteiger partial charge in [-0.2, -0.15) is 0 Å². The average molecular weight is 341 g/mol. The number of ketones is 1. The molecule has 1 N–H and O–H groups in total. The van der Waals surface area contributed by atoms with Gasteiger partial charge in [-0.15, -0.1) is 0 Å². The van der Waals surface area contributed by atoms with Gasteiger partial charge in [0.15, 0.2) is 5.78 Å². The Hall–Kier alpha value is -2.64. The van der Waals surface area contributed by atoms with Crippen LogP contribution in [0.5, 0.6) is 0 Å². The van der Waals surface area contributed by atoms with Gasteiger partial charge in [0, 0.05) is 24.5 Å². The zero-order chi connectivity index (χ0) is 17.2. The molecule has 3 aromatic rings. The molecule has 1 heterocycles. The van der Waals surface area contributed by atoms with Crippen molar-refractivity contribution in [3.63, 3.8) is 0 Å². The summed E-state index contributed by atoms with van der Waals surface area (Å²) in [6.45, 7) is 1.58. The van der Waals surface area contributed by atoms with Gasteiger partial charge >= 0.3 is 0 Å². The third-order valence-electron chi connectivity index (χ3n) is 3.57. The van der Waals surface area contributed by atoms with Crippen molar-refractivity contribution in [3.8, 4) is 0 Å². The van der Waals surface area contributed by atoms with Gasteiger partial charge in [-0.1, -0.05) is 18.2 Å². The summed E-state index contributed by atoms with van der Waals surface area (Å²) >= 11 is 0. The molecule has 0 aliphatic heterocycles. The fraction of sp³-hybridized carbons (Fsp3) is 0.118. The number of benzene rings is 2. The Morgan fingerprint density at radius 3 is 2.33 bits per heavy atom. The van der Waals surface area contributed by atoms with Crippen LogP contribution in [-0.2, 0) is 16.6 Å². The number of nitrogens with zero attached hydrogens (tertiary/aromatic N) is 2. The predicted molar refractivity (Wildman–Crippen MR) is 90.0 cm³/mol. The van der Waals surface area contributed by atoms with Crippen molar-refractivity contribution >= 4 is 26.8 Å². The molecular formula is C17H15N3O3S. The normalized spacial score (nSPS) is 11.5. The van der Waals surface area contributed by atoms with Crippen LogP contribution in [0.15, 0.2) is 59.8 Å². The molecule has 7 heteroatoms. The molecular weight excluding hydrogens is 326 g/mol. The topological polar surface area (TPSA) is 89.0 Å². The summed E-state index contributed by atoms with van der Waals surface area (Å²) in [5, 5.41) is 0. The van der Waals surface area contributed by atoms with Gasteiger partial charge in [0.2, 0.25) is 10.0 Å². The van der Waals surface area contributed by atoms with Gasteiger partial charge in [0.25, 0.3) is 0 Å². The van der Waals surface area contributed by atoms with Crippen LogP contribution in [0.4, 0.5) is 0 Å². The van der Waals surface area contributed by atoms with Crippen LogP contribution in [-0.4, -0.2) is 24.2 Å². The second-order valence-electron chi connectivity index (χ2n) is 5.28. The van der Waals surface area contributed by atoms with Crippen LogP contribution >= 0.6 is 0 Å². The lowest BCUT2D eigenvalue weighted by Crippen LogP contribution is -2.23. The molecule has 0 aliphatic rings. The molecule has 1 aromatic heterocycles. The Balaban J connectivity index is 1.77. The third kappa shape index (κ3) is 3.47. The first-order chi connectivity index (χ1) is 11.5. The van der Waals surface area contributed by atoms with Gasteiger partial charge in [-0.25, -0.2) is 13.1 Å². The third-order valence-corrected chi connectivity index (χ3v) is 4.99. The lowest BCUT2D eigenvalue weighted by atomic mass is 10.2. The first-order valence-corrected chi connectivity index (χ1v) is 8.74. The summed E-state index contributed by atoms with van der Waals surface area (Å²) in [5.74, 6) is -0.107. The van der Waals surface area contributed by atoms with E-state index in [-0.39, 0.29) is 17.2 Å². The molecule has 0 unspecified atom stereocenters. The van der Waals surface area contributed by atoms with Crippen molar-refractivity contribution in [2.75, 3.05) is 0 Å². The number of fused-ring (bicyclic) bond motifs is 1. The van der Waals surface area contributed by atoms with Crippen LogP contribution in [0.2, 0.25) is 0 Å². The monoisotopic (exact) mass is 341 g/mol. The lowest BCUT2D eigenvalue weighted by Gasteiger charge is -2.08. The largest absolute Gasteiger partial charge is 0.295 e. The lowest BCUT2D eigenvalue weighted by molar-refractivity contribution is 0.101. The number of Topliss-reactive ketones (excluding diaryl/α,β-unsaturated/α-hetero) is 1. The summed E-state index contributed by atoms with van der Waals surface area (Å²) in [6, 6.07) is 11.2. The minimum Gasteiger partial charge on any atom is -0.295 e. The first-order valence-electron chi connectivity index (χ1n) is 7.26. The van der Waals surface area contributed by atoms with Crippen LogP contribution in [0, 0.1) is 0 Å². The molecule has 0 radical (unpaired) electrons. The molecule has 0 bridgehead atoms. The molecule has 2 aromatic carbocycles. The highest BCUT2D eigenvalue weighted by Gasteiger charge is 2.14. The number of sulfonamides is 1. The molecule has 0 spiro atoms. The number of hydrogen-bond acceptors (Lipinski definition) is 5. The van der Waals surface area contributed by atoms with Crippen molar-refractivity contribution in [1.82, 2.24) is 14.7 Å². The summed E-state index contributed by atoms with van der Waals surface area (Å²) in [6.07, 6.45) is 3.20. The van der Waals surface area contributed by atoms with Gasteiger partial charge in [0.05, 0.1) is 15.9 Å². The Morgan fingerprint density at radius 1 is 1.00 bits per heavy atom. The number of aromatic nitrogens is 2. The van der Waals surface area contributed by atoms with E-state index in [2.05, 4.69) is 14.7 Å². The minimum atomic E-state index is -3.65. The first kappa shape index (κ1) is 16.2. The standard InChI is InChI=1S/C17H15N3O3S/c1-12(21)14-3-5-15(6-4-14)24(22,23)20-11-13-2-7-16-17(10-13)19-9-8-18-16/h2-10,20H,11H2,1H3. The number of carbonyl (C=O) groups is 1. The van der Waals surface area contributed by atoms with Gasteiger partial charge in [-0.05, 0) is 36.8 Å². The average Bonchev–Trinajstić information content (AvgIpc) is 2.60. The summed E-state index contributed by atoms with van der Waals surface area (Å²) < 4.78 is 27.2. The van der Waals surface area contributed by atoms with Crippen molar-refractivity contribution in [1.29, 1.82) is 0 Å². The van der Waals surface area contributed by atoms with E-state index < -0.39 is 10.0 Å². The maximum absolute atomic E-state index is 12.3. The van der Waals surface area contributed by atoms with E-state index in [1.54, 1.807) is 30.6 Å². The highest BCUT2D eigenvalue weighted by molar-refractivity contribution is 7.89. The molecule has 3 rings (SSSR count). The zero-order valence-electron chi connectivity index (χ0n) is 12.9. The van der Waals surface area contributed by atoms with Crippen LogP contribution in [0.25, 0.3) is 11.0 Å². The van der Waals surface area contributed by atoms with Crippen LogP contribution in [0.1, 0.15) is 22.8 Å². The van der Waals surface area contributed by atoms with E-state index in [0.29, 0.717) is 11.1 Å². The molecule has 0 aliphatic carbocycles. The van der Waals surface area contributed by atoms with Crippen LogP contribution < -0.4 is 4.72 Å². The van der Waals surface area contributed by atoms with E-state index >= 15 is 0 Å². The Morgan fingerprint density at radius 2 is 1.67 bits per heavy atom. The second-order valence-corrected chi connectivity index (χ2v) is 7.05. The van der Waals surface area contributed by atoms with E-state index in [1.165, 1.54) is 31.2 Å². The molecule has 24 heavy (non-hydrogen) atoms. The van der Waals surface area contributed by atoms with E-state index in [1.807, 2.05) is 0 Å². The highest BCUT2D eigenvalue weighted by atomic mass is 32.2. The van der Waals surface area contributed by atoms with Crippen molar-refractivity contribution < 1.29 is 13.2 Å². The van der Waals surface area contributed by atoms with E-state index in [0.717, 1.165) is 11.1 Å². The van der Waals surface area contributed by atoms with Crippen molar-refractivity contribution in [2.24, 2.45) is 0 Å². The smallest absolute Gasteiger partial charge is 0.240 e. The van der Waals surface area contributed by atoms with Crippen molar-refractivity contribution in [3.05, 3.63) is 66.0 Å². The molecule has 0 fully saturated rings. The summed E-state index contributed by atoms with van der Waals surface area (Å²) in [7, 11) is -3.65. The molecule has 0 atom stereocenters. The number of carbonyl (C=O) groups excluding carboxylic acids is 1. The maximum Gasteiger partial charge on any atom is 0.240 e.